The van der Waals surface area contributed by atoms with Crippen LogP contribution in [0, 0.1) is 19.7 Å². The Kier molecular flexibility index (Phi) is 8.28. The van der Waals surface area contributed by atoms with Crippen molar-refractivity contribution in [3.63, 3.8) is 0 Å². The lowest BCUT2D eigenvalue weighted by Crippen LogP contribution is -2.31. The molecular formula is C20H25FN4O3. The number of nitrogens with two attached hydrogens (primary N) is 1. The van der Waals surface area contributed by atoms with E-state index in [0.29, 0.717) is 16.9 Å². The quantitative estimate of drug-likeness (QED) is 0.400. The average molecular weight is 388 g/mol. The van der Waals surface area contributed by atoms with E-state index >= 15 is 0 Å². The number of hydrogen-bond acceptors (Lipinski definition) is 4. The Bertz CT molecular complexity index is 903. The first-order chi connectivity index (χ1) is 13.3. The van der Waals surface area contributed by atoms with Crippen LogP contribution in [0.4, 0.5) is 10.1 Å². The molecule has 1 aromatic carbocycles. The monoisotopic (exact) mass is 388 g/mol. The van der Waals surface area contributed by atoms with Crippen molar-refractivity contribution in [2.45, 2.75) is 13.8 Å². The number of nitrogens with zero attached hydrogens (tertiary/aromatic N) is 1. The molecule has 7 nitrogen and oxygen atoms in total. The van der Waals surface area contributed by atoms with E-state index in [1.165, 1.54) is 35.9 Å². The second kappa shape index (κ2) is 10.2. The van der Waals surface area contributed by atoms with Crippen molar-refractivity contribution in [2.75, 3.05) is 18.9 Å². The molecule has 0 bridgehead atoms. The fourth-order valence-electron chi connectivity index (χ4n) is 2.75. The zero-order chi connectivity index (χ0) is 21.4. The van der Waals surface area contributed by atoms with Crippen LogP contribution in [0.25, 0.3) is 0 Å². The van der Waals surface area contributed by atoms with Gasteiger partial charge in [-0.2, -0.15) is 0 Å². The molecule has 4 N–H and O–H groups in total. The van der Waals surface area contributed by atoms with E-state index in [9.17, 15) is 18.8 Å². The summed E-state index contributed by atoms with van der Waals surface area (Å²) in [5.41, 5.74) is 6.08. The van der Waals surface area contributed by atoms with Crippen molar-refractivity contribution < 1.29 is 18.8 Å². The fourth-order valence-corrected chi connectivity index (χ4v) is 2.75. The zero-order valence-electron chi connectivity index (χ0n) is 16.4. The molecule has 0 aliphatic rings. The van der Waals surface area contributed by atoms with Gasteiger partial charge in [0.15, 0.2) is 0 Å². The van der Waals surface area contributed by atoms with Crippen LogP contribution in [0.2, 0.25) is 0 Å². The molecule has 2 aromatic rings. The summed E-state index contributed by atoms with van der Waals surface area (Å²) in [7, 11) is 3.13. The Morgan fingerprint density at radius 2 is 1.89 bits per heavy atom. The van der Waals surface area contributed by atoms with E-state index in [-0.39, 0.29) is 17.8 Å². The van der Waals surface area contributed by atoms with Crippen molar-refractivity contribution in [3.05, 3.63) is 65.3 Å². The number of anilines is 1. The van der Waals surface area contributed by atoms with Crippen LogP contribution < -0.4 is 16.4 Å². The summed E-state index contributed by atoms with van der Waals surface area (Å²) >= 11 is 0. The highest BCUT2D eigenvalue weighted by Crippen LogP contribution is 2.23. The fraction of sp³-hybridized carbons (Fsp3) is 0.250. The number of nitrogens with one attached hydrogen (secondary N) is 2. The minimum Gasteiger partial charge on any atom is -0.346 e. The highest BCUT2D eigenvalue weighted by Gasteiger charge is 2.28. The summed E-state index contributed by atoms with van der Waals surface area (Å²) in [6.45, 7) is 6.90. The van der Waals surface area contributed by atoms with Crippen LogP contribution in [0.5, 0.6) is 0 Å². The van der Waals surface area contributed by atoms with Gasteiger partial charge >= 0.3 is 0 Å². The molecule has 0 spiro atoms. The van der Waals surface area contributed by atoms with Gasteiger partial charge < -0.3 is 20.9 Å². The van der Waals surface area contributed by atoms with Crippen LogP contribution in [-0.2, 0) is 11.8 Å². The summed E-state index contributed by atoms with van der Waals surface area (Å²) in [6.07, 6.45) is 1.47. The molecule has 0 unspecified atom stereocenters. The number of carbonyl (C=O) groups is 3. The van der Waals surface area contributed by atoms with Crippen molar-refractivity contribution >= 4 is 23.3 Å². The SMILES string of the molecule is C=CCNC(=O)C(=O)c1c(C)c(C(=O)Nc2cccc(F)c2)n(C)c1C.CN. The molecule has 8 heteroatoms. The minimum atomic E-state index is -0.765. The number of rotatable bonds is 6. The van der Waals surface area contributed by atoms with Crippen molar-refractivity contribution in [1.29, 1.82) is 0 Å². The molecule has 2 amide bonds. The van der Waals surface area contributed by atoms with Crippen LogP contribution in [0.15, 0.2) is 36.9 Å². The summed E-state index contributed by atoms with van der Waals surface area (Å²) in [5.74, 6) is -2.46. The first kappa shape index (κ1) is 22.8. The van der Waals surface area contributed by atoms with Crippen LogP contribution in [0.3, 0.4) is 0 Å². The van der Waals surface area contributed by atoms with Crippen molar-refractivity contribution in [2.24, 2.45) is 12.8 Å². The van der Waals surface area contributed by atoms with Crippen LogP contribution >= 0.6 is 0 Å². The standard InChI is InChI=1S/C19H20FN3O3.CH5N/c1-5-9-21-19(26)17(24)15-11(2)16(23(4)12(15)3)18(25)22-14-8-6-7-13(20)10-14;1-2/h5-8,10H,1,9H2,2-4H3,(H,21,26)(H,22,25);2H2,1H3. The molecule has 0 aliphatic carbocycles. The van der Waals surface area contributed by atoms with E-state index in [2.05, 4.69) is 22.9 Å². The van der Waals surface area contributed by atoms with Gasteiger partial charge in [-0.15, -0.1) is 6.58 Å². The summed E-state index contributed by atoms with van der Waals surface area (Å²) in [6, 6.07) is 5.50. The molecule has 0 saturated heterocycles. The van der Waals surface area contributed by atoms with Gasteiger partial charge in [0.2, 0.25) is 0 Å². The predicted octanol–water partition coefficient (Wildman–Crippen LogP) is 2.09. The van der Waals surface area contributed by atoms with Gasteiger partial charge in [0.25, 0.3) is 17.6 Å². The Hall–Kier alpha value is -3.26. The minimum absolute atomic E-state index is 0.169. The molecule has 0 aliphatic heterocycles. The molecule has 150 valence electrons. The van der Waals surface area contributed by atoms with Crippen molar-refractivity contribution in [1.82, 2.24) is 9.88 Å². The van der Waals surface area contributed by atoms with Gasteiger partial charge in [0.1, 0.15) is 11.5 Å². The maximum absolute atomic E-state index is 13.3. The number of aromatic nitrogens is 1. The average Bonchev–Trinajstić information content (AvgIpc) is 2.89. The highest BCUT2D eigenvalue weighted by molar-refractivity contribution is 6.43. The zero-order valence-corrected chi connectivity index (χ0v) is 16.4. The van der Waals surface area contributed by atoms with Gasteiger partial charge in [-0.25, -0.2) is 4.39 Å². The van der Waals surface area contributed by atoms with Gasteiger partial charge in [0.05, 0.1) is 5.56 Å². The summed E-state index contributed by atoms with van der Waals surface area (Å²) in [4.78, 5) is 37.0. The number of carbonyl (C=O) groups excluding carboxylic acids is 3. The van der Waals surface area contributed by atoms with Gasteiger partial charge in [0, 0.05) is 25.0 Å². The molecular weight excluding hydrogens is 363 g/mol. The normalized spacial score (nSPS) is 9.79. The number of Topliss-reactive ketones (excluding diaryl/α,β-unsaturated/α-hetero) is 1. The second-order valence-electron chi connectivity index (χ2n) is 5.79. The number of amides is 2. The Balaban J connectivity index is 0.00000190. The smallest absolute Gasteiger partial charge is 0.292 e. The lowest BCUT2D eigenvalue weighted by Gasteiger charge is -2.08. The summed E-state index contributed by atoms with van der Waals surface area (Å²) in [5, 5.41) is 5.03. The maximum Gasteiger partial charge on any atom is 0.292 e. The van der Waals surface area contributed by atoms with E-state index < -0.39 is 23.4 Å². The topological polar surface area (TPSA) is 106 Å². The first-order valence-electron chi connectivity index (χ1n) is 8.51. The second-order valence-corrected chi connectivity index (χ2v) is 5.79. The highest BCUT2D eigenvalue weighted by atomic mass is 19.1. The first-order valence-corrected chi connectivity index (χ1v) is 8.51. The maximum atomic E-state index is 13.3. The Labute approximate surface area is 163 Å². The molecule has 0 fully saturated rings. The molecule has 0 radical (unpaired) electrons. The number of halogens is 1. The summed E-state index contributed by atoms with van der Waals surface area (Å²) < 4.78 is 14.8. The molecule has 28 heavy (non-hydrogen) atoms. The molecule has 1 aromatic heterocycles. The van der Waals surface area contributed by atoms with E-state index in [1.807, 2.05) is 0 Å². The van der Waals surface area contributed by atoms with Gasteiger partial charge in [-0.05, 0) is 44.7 Å². The predicted molar refractivity (Wildman–Crippen MR) is 107 cm³/mol. The van der Waals surface area contributed by atoms with E-state index in [0.717, 1.165) is 0 Å². The van der Waals surface area contributed by atoms with Gasteiger partial charge in [-0.1, -0.05) is 12.1 Å². The van der Waals surface area contributed by atoms with E-state index in [4.69, 9.17) is 0 Å². The number of ketones is 1. The van der Waals surface area contributed by atoms with Crippen LogP contribution in [0.1, 0.15) is 32.1 Å². The molecule has 0 atom stereocenters. The van der Waals surface area contributed by atoms with Crippen molar-refractivity contribution in [3.8, 4) is 0 Å². The molecule has 2 rings (SSSR count). The van der Waals surface area contributed by atoms with Gasteiger partial charge in [-0.3, -0.25) is 14.4 Å². The lowest BCUT2D eigenvalue weighted by molar-refractivity contribution is -0.116. The third kappa shape index (κ3) is 4.92. The number of hydrogen-bond donors (Lipinski definition) is 3. The largest absolute Gasteiger partial charge is 0.346 e. The lowest BCUT2D eigenvalue weighted by atomic mass is 10.0. The Morgan fingerprint density at radius 3 is 2.46 bits per heavy atom. The molecule has 1 heterocycles. The Morgan fingerprint density at radius 1 is 1.25 bits per heavy atom. The van der Waals surface area contributed by atoms with Crippen LogP contribution in [-0.4, -0.2) is 35.8 Å². The molecule has 0 saturated carbocycles. The number of benzene rings is 1. The third-order valence-corrected chi connectivity index (χ3v) is 4.07. The third-order valence-electron chi connectivity index (χ3n) is 4.07. The van der Waals surface area contributed by atoms with E-state index in [1.54, 1.807) is 27.0 Å².